The summed E-state index contributed by atoms with van der Waals surface area (Å²) in [7, 11) is 0. The normalized spacial score (nSPS) is 12.1. The molecule has 128 valence electrons. The summed E-state index contributed by atoms with van der Waals surface area (Å²) in [6, 6.07) is 10.3. The minimum atomic E-state index is -4.80. The highest BCUT2D eigenvalue weighted by atomic mass is 79.9. The van der Waals surface area contributed by atoms with Crippen LogP contribution < -0.4 is 15.8 Å². The molecule has 0 spiro atoms. The van der Waals surface area contributed by atoms with Crippen LogP contribution in [0.5, 0.6) is 11.5 Å². The summed E-state index contributed by atoms with van der Waals surface area (Å²) < 4.78 is 41.5. The van der Waals surface area contributed by atoms with Gasteiger partial charge in [-0.15, -0.1) is 13.2 Å². The van der Waals surface area contributed by atoms with Gasteiger partial charge in [0, 0.05) is 0 Å². The lowest BCUT2D eigenvalue weighted by molar-refractivity contribution is -0.274. The number of phenols is 1. The van der Waals surface area contributed by atoms with Crippen LogP contribution in [0.25, 0.3) is 0 Å². The number of para-hydroxylation sites is 2. The van der Waals surface area contributed by atoms with E-state index in [0.29, 0.717) is 4.47 Å². The first kappa shape index (κ1) is 17.9. The first-order chi connectivity index (χ1) is 11.2. The number of nitrogens with one attached hydrogen (secondary N) is 1. The second-order valence-corrected chi connectivity index (χ2v) is 5.51. The number of alkyl halides is 3. The van der Waals surface area contributed by atoms with Crippen LogP contribution in [0.1, 0.15) is 5.56 Å². The van der Waals surface area contributed by atoms with Gasteiger partial charge in [-0.05, 0) is 45.8 Å². The highest BCUT2D eigenvalue weighted by Gasteiger charge is 2.32. The molecule has 24 heavy (non-hydrogen) atoms. The standard InChI is InChI=1S/C15H13BrF3N3O2/c16-10-7-9(5-6-12(10)23)8-21-14(20)22-11-3-1-2-4-13(11)24-15(17,18)19/h1-7,23H,8H2,(H3,20,21,22). The van der Waals surface area contributed by atoms with Crippen molar-refractivity contribution in [1.29, 1.82) is 0 Å². The van der Waals surface area contributed by atoms with Gasteiger partial charge in [0.1, 0.15) is 5.75 Å². The number of hydrogen-bond donors (Lipinski definition) is 3. The average Bonchev–Trinajstić information content (AvgIpc) is 2.49. The first-order valence-electron chi connectivity index (χ1n) is 6.64. The van der Waals surface area contributed by atoms with Crippen LogP contribution in [0, 0.1) is 0 Å². The van der Waals surface area contributed by atoms with Crippen molar-refractivity contribution in [3.8, 4) is 11.5 Å². The van der Waals surface area contributed by atoms with Gasteiger partial charge in [0.2, 0.25) is 0 Å². The van der Waals surface area contributed by atoms with Crippen LogP contribution in [0.4, 0.5) is 18.9 Å². The number of phenolic OH excluding ortho intramolecular Hbond substituents is 1. The Labute approximate surface area is 144 Å². The Morgan fingerprint density at radius 2 is 1.96 bits per heavy atom. The van der Waals surface area contributed by atoms with Gasteiger partial charge in [-0.3, -0.25) is 0 Å². The lowest BCUT2D eigenvalue weighted by Gasteiger charge is -2.14. The van der Waals surface area contributed by atoms with E-state index in [1.54, 1.807) is 12.1 Å². The Morgan fingerprint density at radius 1 is 1.25 bits per heavy atom. The molecule has 0 aliphatic carbocycles. The molecule has 0 heterocycles. The number of nitrogens with two attached hydrogens (primary N) is 1. The van der Waals surface area contributed by atoms with E-state index in [1.807, 2.05) is 0 Å². The molecule has 0 atom stereocenters. The van der Waals surface area contributed by atoms with Crippen LogP contribution in [-0.4, -0.2) is 17.4 Å². The third kappa shape index (κ3) is 5.34. The lowest BCUT2D eigenvalue weighted by atomic mass is 10.2. The lowest BCUT2D eigenvalue weighted by Crippen LogP contribution is -2.24. The average molecular weight is 404 g/mol. The molecule has 0 amide bonds. The molecule has 0 aromatic heterocycles. The monoisotopic (exact) mass is 403 g/mol. The molecule has 0 aliphatic heterocycles. The molecule has 5 nitrogen and oxygen atoms in total. The fourth-order valence-corrected chi connectivity index (χ4v) is 2.21. The summed E-state index contributed by atoms with van der Waals surface area (Å²) in [4.78, 5) is 4.04. The number of rotatable bonds is 4. The molecule has 9 heteroatoms. The van der Waals surface area contributed by atoms with Gasteiger partial charge in [0.15, 0.2) is 11.7 Å². The maximum Gasteiger partial charge on any atom is 0.573 e. The van der Waals surface area contributed by atoms with E-state index in [2.05, 4.69) is 31.0 Å². The predicted molar refractivity (Wildman–Crippen MR) is 87.9 cm³/mol. The van der Waals surface area contributed by atoms with Crippen molar-refractivity contribution >= 4 is 27.6 Å². The summed E-state index contributed by atoms with van der Waals surface area (Å²) >= 11 is 3.18. The van der Waals surface area contributed by atoms with E-state index in [9.17, 15) is 18.3 Å². The molecule has 0 aliphatic rings. The van der Waals surface area contributed by atoms with Gasteiger partial charge < -0.3 is 20.9 Å². The largest absolute Gasteiger partial charge is 0.573 e. The number of aliphatic imine (C=N–C) groups is 1. The Balaban J connectivity index is 2.08. The molecule has 2 rings (SSSR count). The Kier molecular flexibility index (Phi) is 5.55. The van der Waals surface area contributed by atoms with Gasteiger partial charge >= 0.3 is 6.36 Å². The van der Waals surface area contributed by atoms with Crippen molar-refractivity contribution in [2.24, 2.45) is 10.7 Å². The van der Waals surface area contributed by atoms with E-state index >= 15 is 0 Å². The smallest absolute Gasteiger partial charge is 0.507 e. The summed E-state index contributed by atoms with van der Waals surface area (Å²) in [6.45, 7) is 0.181. The second-order valence-electron chi connectivity index (χ2n) is 4.66. The van der Waals surface area contributed by atoms with E-state index in [-0.39, 0.29) is 23.9 Å². The Bertz CT molecular complexity index is 751. The summed E-state index contributed by atoms with van der Waals surface area (Å²) in [5.74, 6) is -0.389. The van der Waals surface area contributed by atoms with Crippen molar-refractivity contribution in [3.05, 3.63) is 52.5 Å². The third-order valence-corrected chi connectivity index (χ3v) is 3.45. The van der Waals surface area contributed by atoms with Gasteiger partial charge in [-0.1, -0.05) is 18.2 Å². The van der Waals surface area contributed by atoms with Crippen molar-refractivity contribution in [3.63, 3.8) is 0 Å². The summed E-state index contributed by atoms with van der Waals surface area (Å²) in [5.41, 5.74) is 6.49. The Morgan fingerprint density at radius 3 is 2.62 bits per heavy atom. The summed E-state index contributed by atoms with van der Waals surface area (Å²) in [6.07, 6.45) is -4.80. The molecular formula is C15H13BrF3N3O2. The molecule has 0 unspecified atom stereocenters. The van der Waals surface area contributed by atoms with E-state index < -0.39 is 12.1 Å². The van der Waals surface area contributed by atoms with Crippen molar-refractivity contribution in [1.82, 2.24) is 0 Å². The van der Waals surface area contributed by atoms with Crippen molar-refractivity contribution in [2.45, 2.75) is 12.9 Å². The second kappa shape index (κ2) is 7.43. The van der Waals surface area contributed by atoms with Crippen molar-refractivity contribution in [2.75, 3.05) is 5.32 Å². The fraction of sp³-hybridized carbons (Fsp3) is 0.133. The number of anilines is 1. The maximum atomic E-state index is 12.4. The summed E-state index contributed by atoms with van der Waals surface area (Å²) in [5, 5.41) is 12.0. The van der Waals surface area contributed by atoms with Crippen LogP contribution in [0.3, 0.4) is 0 Å². The first-order valence-corrected chi connectivity index (χ1v) is 7.43. The molecular weight excluding hydrogens is 391 g/mol. The molecule has 0 saturated heterocycles. The van der Waals surface area contributed by atoms with Crippen LogP contribution >= 0.6 is 15.9 Å². The number of aromatic hydroxyl groups is 1. The zero-order chi connectivity index (χ0) is 17.7. The highest BCUT2D eigenvalue weighted by Crippen LogP contribution is 2.29. The number of hydrogen-bond acceptors (Lipinski definition) is 3. The highest BCUT2D eigenvalue weighted by molar-refractivity contribution is 9.10. The van der Waals surface area contributed by atoms with Crippen LogP contribution in [0.15, 0.2) is 51.9 Å². The minimum absolute atomic E-state index is 0.0444. The van der Waals surface area contributed by atoms with Gasteiger partial charge in [-0.2, -0.15) is 0 Å². The van der Waals surface area contributed by atoms with E-state index in [4.69, 9.17) is 5.73 Å². The zero-order valence-electron chi connectivity index (χ0n) is 12.1. The number of benzene rings is 2. The topological polar surface area (TPSA) is 79.9 Å². The van der Waals surface area contributed by atoms with Crippen LogP contribution in [-0.2, 0) is 6.54 Å². The maximum absolute atomic E-state index is 12.4. The van der Waals surface area contributed by atoms with Crippen molar-refractivity contribution < 1.29 is 23.0 Å². The molecule has 4 N–H and O–H groups in total. The molecule has 0 fully saturated rings. The number of nitrogens with zero attached hydrogens (tertiary/aromatic N) is 1. The zero-order valence-corrected chi connectivity index (χ0v) is 13.7. The Hall–Kier alpha value is -2.42. The quantitative estimate of drug-likeness (QED) is 0.532. The van der Waals surface area contributed by atoms with Crippen LogP contribution in [0.2, 0.25) is 0 Å². The fourth-order valence-electron chi connectivity index (χ4n) is 1.79. The third-order valence-electron chi connectivity index (χ3n) is 2.82. The molecule has 0 saturated carbocycles. The van der Waals surface area contributed by atoms with E-state index in [0.717, 1.165) is 5.56 Å². The minimum Gasteiger partial charge on any atom is -0.507 e. The number of ether oxygens (including phenoxy) is 1. The molecule has 2 aromatic rings. The molecule has 0 bridgehead atoms. The number of halogens is 4. The van der Waals surface area contributed by atoms with Gasteiger partial charge in [0.05, 0.1) is 16.7 Å². The van der Waals surface area contributed by atoms with Gasteiger partial charge in [-0.25, -0.2) is 4.99 Å². The van der Waals surface area contributed by atoms with E-state index in [1.165, 1.54) is 30.3 Å². The van der Waals surface area contributed by atoms with Gasteiger partial charge in [0.25, 0.3) is 0 Å². The SMILES string of the molecule is NC(=NCc1ccc(O)c(Br)c1)Nc1ccccc1OC(F)(F)F. The number of guanidine groups is 1. The molecule has 2 aromatic carbocycles. The molecule has 0 radical (unpaired) electrons. The predicted octanol–water partition coefficient (Wildman–Crippen LogP) is 3.98.